The molecule has 0 spiro atoms. The summed E-state index contributed by atoms with van der Waals surface area (Å²) in [5.74, 6) is -0.201. The quantitative estimate of drug-likeness (QED) is 0.720. The maximum atomic E-state index is 12.3. The molecule has 5 nitrogen and oxygen atoms in total. The average molecular weight is 241 g/mol. The number of rotatable bonds is 2. The van der Waals surface area contributed by atoms with Gasteiger partial charge in [0.1, 0.15) is 6.04 Å². The molecule has 1 saturated heterocycles. The van der Waals surface area contributed by atoms with Gasteiger partial charge in [0.05, 0.1) is 6.04 Å². The number of piperazine rings is 1. The molecule has 2 amide bonds. The van der Waals surface area contributed by atoms with Crippen molar-refractivity contribution < 1.29 is 9.59 Å². The van der Waals surface area contributed by atoms with Crippen LogP contribution in [-0.4, -0.2) is 41.9 Å². The highest BCUT2D eigenvalue weighted by atomic mass is 16.2. The van der Waals surface area contributed by atoms with E-state index in [2.05, 4.69) is 5.32 Å². The molecule has 1 aliphatic rings. The van der Waals surface area contributed by atoms with Crippen molar-refractivity contribution in [2.75, 3.05) is 13.1 Å². The topological polar surface area (TPSA) is 75.4 Å². The second-order valence-corrected chi connectivity index (χ2v) is 5.59. The highest BCUT2D eigenvalue weighted by molar-refractivity contribution is 5.91. The Morgan fingerprint density at radius 3 is 2.65 bits per heavy atom. The summed E-state index contributed by atoms with van der Waals surface area (Å²) in [5, 5.41) is 2.77. The highest BCUT2D eigenvalue weighted by Gasteiger charge is 2.37. The van der Waals surface area contributed by atoms with Crippen LogP contribution in [0.2, 0.25) is 0 Å². The molecule has 0 bridgehead atoms. The molecule has 98 valence electrons. The second kappa shape index (κ2) is 5.04. The summed E-state index contributed by atoms with van der Waals surface area (Å²) in [6.07, 6.45) is 0.619. The lowest BCUT2D eigenvalue weighted by Crippen LogP contribution is -2.61. The average Bonchev–Trinajstić information content (AvgIpc) is 2.25. The van der Waals surface area contributed by atoms with Crippen LogP contribution < -0.4 is 11.1 Å². The first-order valence-electron chi connectivity index (χ1n) is 6.12. The second-order valence-electron chi connectivity index (χ2n) is 5.59. The zero-order valence-electron chi connectivity index (χ0n) is 11.1. The number of hydrogen-bond acceptors (Lipinski definition) is 3. The molecule has 2 atom stereocenters. The van der Waals surface area contributed by atoms with Crippen LogP contribution in [0, 0.1) is 5.41 Å². The minimum absolute atomic E-state index is 0.0757. The van der Waals surface area contributed by atoms with Gasteiger partial charge in [-0.2, -0.15) is 0 Å². The Kier molecular flexibility index (Phi) is 4.14. The van der Waals surface area contributed by atoms with Crippen molar-refractivity contribution in [2.45, 2.75) is 46.2 Å². The van der Waals surface area contributed by atoms with Gasteiger partial charge in [0.25, 0.3) is 0 Å². The zero-order chi connectivity index (χ0) is 13.2. The maximum absolute atomic E-state index is 12.3. The van der Waals surface area contributed by atoms with Crippen molar-refractivity contribution in [3.8, 4) is 0 Å². The standard InChI is InChI=1S/C12H23N3O2/c1-5-8-10(16)14-6-7-15(8)11(17)9(13)12(2,3)4/h8-9H,5-7,13H2,1-4H3,(H,14,16)/t8?,9-/m1/s1. The van der Waals surface area contributed by atoms with Crippen molar-refractivity contribution in [1.82, 2.24) is 10.2 Å². The third-order valence-corrected chi connectivity index (χ3v) is 3.20. The molecule has 1 fully saturated rings. The first kappa shape index (κ1) is 14.0. The normalized spacial score (nSPS) is 23.2. The Balaban J connectivity index is 2.83. The lowest BCUT2D eigenvalue weighted by atomic mass is 9.86. The molecule has 17 heavy (non-hydrogen) atoms. The number of carbonyl (C=O) groups is 2. The minimum Gasteiger partial charge on any atom is -0.353 e. The molecule has 0 aromatic carbocycles. The number of hydrogen-bond donors (Lipinski definition) is 2. The summed E-state index contributed by atoms with van der Waals surface area (Å²) >= 11 is 0. The van der Waals surface area contributed by atoms with Crippen LogP contribution in [0.5, 0.6) is 0 Å². The lowest BCUT2D eigenvalue weighted by Gasteiger charge is -2.38. The SMILES string of the molecule is CCC1C(=O)NCCN1C(=O)[C@@H](N)C(C)(C)C. The Labute approximate surface area is 103 Å². The van der Waals surface area contributed by atoms with E-state index >= 15 is 0 Å². The fraction of sp³-hybridized carbons (Fsp3) is 0.833. The molecule has 5 heteroatoms. The van der Waals surface area contributed by atoms with Gasteiger partial charge in [-0.3, -0.25) is 9.59 Å². The van der Waals surface area contributed by atoms with Crippen molar-refractivity contribution in [1.29, 1.82) is 0 Å². The van der Waals surface area contributed by atoms with Gasteiger partial charge in [0, 0.05) is 13.1 Å². The zero-order valence-corrected chi connectivity index (χ0v) is 11.1. The van der Waals surface area contributed by atoms with Crippen molar-refractivity contribution in [2.24, 2.45) is 11.1 Å². The molecule has 0 aromatic rings. The number of nitrogens with two attached hydrogens (primary N) is 1. The molecular weight excluding hydrogens is 218 g/mol. The van der Waals surface area contributed by atoms with Crippen molar-refractivity contribution in [3.63, 3.8) is 0 Å². The van der Waals surface area contributed by atoms with Crippen LogP contribution in [0.15, 0.2) is 0 Å². The van der Waals surface area contributed by atoms with Crippen LogP contribution in [-0.2, 0) is 9.59 Å². The van der Waals surface area contributed by atoms with E-state index in [-0.39, 0.29) is 23.3 Å². The summed E-state index contributed by atoms with van der Waals surface area (Å²) < 4.78 is 0. The van der Waals surface area contributed by atoms with Crippen LogP contribution in [0.25, 0.3) is 0 Å². The van der Waals surface area contributed by atoms with E-state index in [4.69, 9.17) is 5.73 Å². The number of nitrogens with zero attached hydrogens (tertiary/aromatic N) is 1. The molecule has 0 radical (unpaired) electrons. The van der Waals surface area contributed by atoms with E-state index in [0.717, 1.165) is 0 Å². The Hall–Kier alpha value is -1.10. The summed E-state index contributed by atoms with van der Waals surface area (Å²) in [6.45, 7) is 8.75. The molecule has 0 saturated carbocycles. The Bertz CT molecular complexity index is 309. The van der Waals surface area contributed by atoms with Gasteiger partial charge < -0.3 is 16.0 Å². The van der Waals surface area contributed by atoms with Crippen LogP contribution in [0.3, 0.4) is 0 Å². The molecule has 1 aliphatic heterocycles. The number of nitrogens with one attached hydrogen (secondary N) is 1. The number of carbonyl (C=O) groups excluding carboxylic acids is 2. The molecule has 1 rings (SSSR count). The Morgan fingerprint density at radius 2 is 2.18 bits per heavy atom. The van der Waals surface area contributed by atoms with E-state index in [0.29, 0.717) is 19.5 Å². The van der Waals surface area contributed by atoms with Gasteiger partial charge in [-0.05, 0) is 11.8 Å². The minimum atomic E-state index is -0.567. The lowest BCUT2D eigenvalue weighted by molar-refractivity contribution is -0.145. The van der Waals surface area contributed by atoms with Crippen LogP contribution in [0.1, 0.15) is 34.1 Å². The van der Waals surface area contributed by atoms with E-state index in [1.54, 1.807) is 4.90 Å². The predicted octanol–water partition coefficient (Wildman–Crippen LogP) is 0.0968. The third-order valence-electron chi connectivity index (χ3n) is 3.20. The summed E-state index contributed by atoms with van der Waals surface area (Å²) in [7, 11) is 0. The molecule has 0 aliphatic carbocycles. The monoisotopic (exact) mass is 241 g/mol. The third kappa shape index (κ3) is 2.97. The molecule has 3 N–H and O–H groups in total. The van der Waals surface area contributed by atoms with Gasteiger partial charge in [0.2, 0.25) is 11.8 Å². The van der Waals surface area contributed by atoms with E-state index in [1.165, 1.54) is 0 Å². The first-order valence-corrected chi connectivity index (χ1v) is 6.12. The van der Waals surface area contributed by atoms with Gasteiger partial charge in [-0.15, -0.1) is 0 Å². The molecular formula is C12H23N3O2. The van der Waals surface area contributed by atoms with Crippen LogP contribution in [0.4, 0.5) is 0 Å². The summed E-state index contributed by atoms with van der Waals surface area (Å²) in [5.41, 5.74) is 5.68. The first-order chi connectivity index (χ1) is 7.79. The highest BCUT2D eigenvalue weighted by Crippen LogP contribution is 2.21. The largest absolute Gasteiger partial charge is 0.353 e. The fourth-order valence-corrected chi connectivity index (χ4v) is 1.93. The van der Waals surface area contributed by atoms with E-state index in [1.807, 2.05) is 27.7 Å². The van der Waals surface area contributed by atoms with Crippen molar-refractivity contribution >= 4 is 11.8 Å². The smallest absolute Gasteiger partial charge is 0.242 e. The maximum Gasteiger partial charge on any atom is 0.242 e. The van der Waals surface area contributed by atoms with Gasteiger partial charge in [0.15, 0.2) is 0 Å². The summed E-state index contributed by atoms with van der Waals surface area (Å²) in [4.78, 5) is 25.6. The van der Waals surface area contributed by atoms with Gasteiger partial charge in [-0.25, -0.2) is 0 Å². The predicted molar refractivity (Wildman–Crippen MR) is 66.2 cm³/mol. The Morgan fingerprint density at radius 1 is 1.59 bits per heavy atom. The van der Waals surface area contributed by atoms with Gasteiger partial charge >= 0.3 is 0 Å². The summed E-state index contributed by atoms with van der Waals surface area (Å²) in [6, 6.07) is -0.938. The van der Waals surface area contributed by atoms with E-state index in [9.17, 15) is 9.59 Å². The fourth-order valence-electron chi connectivity index (χ4n) is 1.93. The molecule has 1 unspecified atom stereocenters. The number of amides is 2. The van der Waals surface area contributed by atoms with Crippen LogP contribution >= 0.6 is 0 Å². The van der Waals surface area contributed by atoms with E-state index < -0.39 is 6.04 Å². The van der Waals surface area contributed by atoms with Crippen molar-refractivity contribution in [3.05, 3.63) is 0 Å². The molecule has 1 heterocycles. The molecule has 0 aromatic heterocycles. The van der Waals surface area contributed by atoms with Gasteiger partial charge in [-0.1, -0.05) is 27.7 Å².